The minimum atomic E-state index is -0.848. The zero-order valence-corrected chi connectivity index (χ0v) is 24.5. The minimum Gasteiger partial charge on any atom is -0.493 e. The van der Waals surface area contributed by atoms with Gasteiger partial charge in [0.25, 0.3) is 0 Å². The fourth-order valence-electron chi connectivity index (χ4n) is 4.97. The predicted molar refractivity (Wildman–Crippen MR) is 156 cm³/mol. The van der Waals surface area contributed by atoms with Crippen LogP contribution in [0, 0.1) is 5.82 Å². The summed E-state index contributed by atoms with van der Waals surface area (Å²) in [5.74, 6) is 0.0140. The van der Waals surface area contributed by atoms with E-state index in [1.54, 1.807) is 24.1 Å². The van der Waals surface area contributed by atoms with Gasteiger partial charge in [-0.05, 0) is 26.2 Å². The summed E-state index contributed by atoms with van der Waals surface area (Å²) >= 11 is 12.1. The Kier molecular flexibility index (Phi) is 8.21. The number of amides is 3. The number of hydrogen-bond donors (Lipinski definition) is 0. The summed E-state index contributed by atoms with van der Waals surface area (Å²) in [7, 11) is 6.94. The standard InChI is InChI=1S/C28H29Cl2FN6O4/c1-34(2)11-5-6-21(38)36-12-9-16(10-13-36)41-26-20(40-4)14-18-22-25(26)35(3)28(39)37(27(22)33-15-32-18)19-8-7-17(29)23(30)24(19)31/h5-8,14-16H,9-13H2,1-4H3/b6-5+. The highest BCUT2D eigenvalue weighted by Crippen LogP contribution is 2.51. The van der Waals surface area contributed by atoms with Crippen LogP contribution in [0.2, 0.25) is 10.0 Å². The average molecular weight is 603 g/mol. The van der Waals surface area contributed by atoms with Gasteiger partial charge in [0, 0.05) is 51.7 Å². The SMILES string of the molecule is COc1cc2ncnc3c2c(c1OC1CCN(C(=O)/C=C/CN(C)C)CC1)N(C)C(=O)N3c1ccc(Cl)c(Cl)c1F. The number of benzene rings is 2. The van der Waals surface area contributed by atoms with E-state index in [1.807, 2.05) is 25.1 Å². The van der Waals surface area contributed by atoms with Crippen molar-refractivity contribution in [3.63, 3.8) is 0 Å². The highest BCUT2D eigenvalue weighted by molar-refractivity contribution is 6.42. The van der Waals surface area contributed by atoms with Crippen molar-refractivity contribution in [1.29, 1.82) is 0 Å². The lowest BCUT2D eigenvalue weighted by Gasteiger charge is -2.37. The van der Waals surface area contributed by atoms with Gasteiger partial charge in [-0.15, -0.1) is 0 Å². The molecule has 0 N–H and O–H groups in total. The van der Waals surface area contributed by atoms with E-state index in [9.17, 15) is 9.59 Å². The monoisotopic (exact) mass is 602 g/mol. The Morgan fingerprint density at radius 1 is 1.22 bits per heavy atom. The third-order valence-corrected chi connectivity index (χ3v) is 7.85. The average Bonchev–Trinajstić information content (AvgIpc) is 2.96. The number of likely N-dealkylation sites (tertiary alicyclic amines) is 1. The molecule has 0 spiro atoms. The molecule has 2 aromatic carbocycles. The summed E-state index contributed by atoms with van der Waals surface area (Å²) in [6.07, 6.45) is 5.67. The van der Waals surface area contributed by atoms with Crippen molar-refractivity contribution in [1.82, 2.24) is 19.8 Å². The molecule has 3 amide bonds. The first-order valence-electron chi connectivity index (χ1n) is 13.0. The van der Waals surface area contributed by atoms with Gasteiger partial charge < -0.3 is 19.3 Å². The summed E-state index contributed by atoms with van der Waals surface area (Å²) in [5, 5.41) is 0.207. The molecule has 0 atom stereocenters. The number of halogens is 3. The van der Waals surface area contributed by atoms with Gasteiger partial charge in [-0.2, -0.15) is 0 Å². The van der Waals surface area contributed by atoms with E-state index < -0.39 is 11.8 Å². The van der Waals surface area contributed by atoms with Crippen molar-refractivity contribution in [3.8, 4) is 11.5 Å². The molecule has 0 saturated carbocycles. The first kappa shape index (κ1) is 28.8. The van der Waals surface area contributed by atoms with E-state index >= 15 is 4.39 Å². The zero-order chi connectivity index (χ0) is 29.4. The molecule has 2 aliphatic heterocycles. The maximum absolute atomic E-state index is 15.3. The number of ether oxygens (including phenoxy) is 2. The van der Waals surface area contributed by atoms with E-state index in [0.29, 0.717) is 60.6 Å². The second-order valence-electron chi connectivity index (χ2n) is 10.0. The molecule has 0 radical (unpaired) electrons. The Hall–Kier alpha value is -3.67. The molecule has 216 valence electrons. The molecule has 1 saturated heterocycles. The maximum atomic E-state index is 15.3. The molecule has 2 aliphatic rings. The molecular weight excluding hydrogens is 574 g/mol. The first-order chi connectivity index (χ1) is 19.6. The summed E-state index contributed by atoms with van der Waals surface area (Å²) in [6.45, 7) is 1.73. The van der Waals surface area contributed by atoms with Crippen LogP contribution >= 0.6 is 23.2 Å². The van der Waals surface area contributed by atoms with Crippen molar-refractivity contribution in [2.75, 3.05) is 57.7 Å². The number of rotatable bonds is 7. The van der Waals surface area contributed by atoms with Crippen molar-refractivity contribution in [2.45, 2.75) is 18.9 Å². The lowest BCUT2D eigenvalue weighted by molar-refractivity contribution is -0.127. The summed E-state index contributed by atoms with van der Waals surface area (Å²) < 4.78 is 27.4. The molecule has 0 bridgehead atoms. The Bertz CT molecular complexity index is 1540. The van der Waals surface area contributed by atoms with Crippen LogP contribution in [-0.2, 0) is 4.79 Å². The number of carbonyl (C=O) groups is 2. The Labute approximate surface area is 246 Å². The fraction of sp³-hybridized carbons (Fsp3) is 0.357. The van der Waals surface area contributed by atoms with E-state index in [4.69, 9.17) is 32.7 Å². The quantitative estimate of drug-likeness (QED) is 0.268. The fourth-order valence-corrected chi connectivity index (χ4v) is 5.28. The number of likely N-dealkylation sites (N-methyl/N-ethyl adjacent to an activating group) is 1. The van der Waals surface area contributed by atoms with Crippen LogP contribution in [0.4, 0.5) is 26.4 Å². The smallest absolute Gasteiger partial charge is 0.334 e. The van der Waals surface area contributed by atoms with Gasteiger partial charge in [-0.3, -0.25) is 9.69 Å². The van der Waals surface area contributed by atoms with Gasteiger partial charge in [0.15, 0.2) is 23.1 Å². The molecule has 10 nitrogen and oxygen atoms in total. The Balaban J connectivity index is 1.49. The molecule has 3 aromatic rings. The van der Waals surface area contributed by atoms with Crippen LogP contribution < -0.4 is 19.3 Å². The minimum absolute atomic E-state index is 0.0247. The number of aromatic nitrogens is 2. The van der Waals surface area contributed by atoms with Gasteiger partial charge in [-0.25, -0.2) is 24.1 Å². The number of anilines is 3. The first-order valence-corrected chi connectivity index (χ1v) is 13.7. The van der Waals surface area contributed by atoms with Crippen LogP contribution in [0.1, 0.15) is 12.8 Å². The normalized spacial score (nSPS) is 15.9. The maximum Gasteiger partial charge on any atom is 0.334 e. The van der Waals surface area contributed by atoms with E-state index in [-0.39, 0.29) is 33.6 Å². The molecule has 5 rings (SSSR count). The second-order valence-corrected chi connectivity index (χ2v) is 10.8. The number of methoxy groups -OCH3 is 1. The molecule has 0 aliphatic carbocycles. The molecule has 41 heavy (non-hydrogen) atoms. The van der Waals surface area contributed by atoms with E-state index in [1.165, 1.54) is 30.5 Å². The van der Waals surface area contributed by atoms with Gasteiger partial charge in [0.05, 0.1) is 33.7 Å². The zero-order valence-electron chi connectivity index (χ0n) is 23.0. The van der Waals surface area contributed by atoms with E-state index in [2.05, 4.69) is 9.97 Å². The number of carbonyl (C=O) groups excluding carboxylic acids is 2. The van der Waals surface area contributed by atoms with Gasteiger partial charge >= 0.3 is 6.03 Å². The molecule has 13 heteroatoms. The van der Waals surface area contributed by atoms with Crippen LogP contribution in [0.3, 0.4) is 0 Å². The third-order valence-electron chi connectivity index (χ3n) is 7.07. The Morgan fingerprint density at radius 2 is 1.95 bits per heavy atom. The summed E-state index contributed by atoms with van der Waals surface area (Å²) in [4.78, 5) is 41.3. The number of piperidine rings is 1. The third kappa shape index (κ3) is 5.37. The van der Waals surface area contributed by atoms with Crippen LogP contribution in [0.15, 0.2) is 36.7 Å². The lowest BCUT2D eigenvalue weighted by Crippen LogP contribution is -2.43. The van der Waals surface area contributed by atoms with Crippen molar-refractivity contribution < 1.29 is 23.5 Å². The van der Waals surface area contributed by atoms with Gasteiger partial charge in [0.2, 0.25) is 5.91 Å². The summed E-state index contributed by atoms with van der Waals surface area (Å²) in [5.41, 5.74) is 0.780. The van der Waals surface area contributed by atoms with Crippen LogP contribution in [0.5, 0.6) is 11.5 Å². The highest BCUT2D eigenvalue weighted by Gasteiger charge is 2.39. The van der Waals surface area contributed by atoms with Gasteiger partial charge in [0.1, 0.15) is 18.1 Å². The molecule has 3 heterocycles. The molecular formula is C28H29Cl2FN6O4. The lowest BCUT2D eigenvalue weighted by atomic mass is 10.1. The van der Waals surface area contributed by atoms with Crippen molar-refractivity contribution in [3.05, 3.63) is 52.5 Å². The van der Waals surface area contributed by atoms with Crippen LogP contribution in [0.25, 0.3) is 10.9 Å². The molecule has 1 aromatic heterocycles. The topological polar surface area (TPSA) is 91.3 Å². The Morgan fingerprint density at radius 3 is 2.63 bits per heavy atom. The van der Waals surface area contributed by atoms with Crippen molar-refractivity contribution in [2.24, 2.45) is 0 Å². The highest BCUT2D eigenvalue weighted by atomic mass is 35.5. The number of urea groups is 1. The molecule has 0 unspecified atom stereocenters. The van der Waals surface area contributed by atoms with Gasteiger partial charge in [-0.1, -0.05) is 29.3 Å². The molecule has 1 fully saturated rings. The van der Waals surface area contributed by atoms with E-state index in [0.717, 1.165) is 4.90 Å². The number of nitrogens with zero attached hydrogens (tertiary/aromatic N) is 6. The largest absolute Gasteiger partial charge is 0.493 e. The van der Waals surface area contributed by atoms with Crippen LogP contribution in [-0.4, -0.2) is 85.7 Å². The van der Waals surface area contributed by atoms with Crippen molar-refractivity contribution >= 4 is 63.2 Å². The number of hydrogen-bond acceptors (Lipinski definition) is 7. The predicted octanol–water partition coefficient (Wildman–Crippen LogP) is 5.28. The summed E-state index contributed by atoms with van der Waals surface area (Å²) in [6, 6.07) is 3.90. The second kappa shape index (κ2) is 11.7.